The third-order valence-corrected chi connectivity index (χ3v) is 5.19. The maximum absolute atomic E-state index is 12.7. The maximum Gasteiger partial charge on any atom is 0.251 e. The highest BCUT2D eigenvalue weighted by Gasteiger charge is 2.50. The van der Waals surface area contributed by atoms with E-state index in [2.05, 4.69) is 15.3 Å². The van der Waals surface area contributed by atoms with E-state index in [4.69, 9.17) is 18.9 Å². The molecule has 1 amide bonds. The van der Waals surface area contributed by atoms with Gasteiger partial charge in [0.25, 0.3) is 5.91 Å². The van der Waals surface area contributed by atoms with Gasteiger partial charge < -0.3 is 24.3 Å². The minimum atomic E-state index is -0.824. The largest absolute Gasteiger partial charge is 0.354 e. The van der Waals surface area contributed by atoms with Crippen LogP contribution >= 0.6 is 0 Å². The molecule has 0 radical (unpaired) electrons. The molecule has 0 aromatic heterocycles. The lowest BCUT2D eigenvalue weighted by Gasteiger charge is -2.48. The molecule has 2 aliphatic heterocycles. The zero-order valence-electron chi connectivity index (χ0n) is 16.3. The SMILES string of the molecule is CO[C@@H]1O[C@H]2CO[C@H](c3ccccc3)O[C@H]2[C@@H](N=[N+]=[N-])[C@@H]1NC(=O)c1ccccc1. The zero-order chi connectivity index (χ0) is 20.9. The highest BCUT2D eigenvalue weighted by Crippen LogP contribution is 2.35. The van der Waals surface area contributed by atoms with Crippen molar-refractivity contribution in [2.45, 2.75) is 36.9 Å². The van der Waals surface area contributed by atoms with E-state index >= 15 is 0 Å². The van der Waals surface area contributed by atoms with Crippen molar-refractivity contribution in [3.63, 3.8) is 0 Å². The fraction of sp³-hybridized carbons (Fsp3) is 0.381. The first-order valence-electron chi connectivity index (χ1n) is 9.61. The number of amides is 1. The molecule has 0 spiro atoms. The van der Waals surface area contributed by atoms with Crippen molar-refractivity contribution in [1.82, 2.24) is 5.32 Å². The van der Waals surface area contributed by atoms with Crippen LogP contribution in [0, 0.1) is 0 Å². The Hall–Kier alpha value is -2.94. The van der Waals surface area contributed by atoms with E-state index in [0.717, 1.165) is 5.56 Å². The van der Waals surface area contributed by atoms with Crippen LogP contribution in [-0.2, 0) is 18.9 Å². The Morgan fingerprint density at radius 3 is 2.50 bits per heavy atom. The quantitative estimate of drug-likeness (QED) is 0.462. The Morgan fingerprint density at radius 1 is 1.13 bits per heavy atom. The number of ether oxygens (including phenoxy) is 4. The molecule has 156 valence electrons. The first-order valence-corrected chi connectivity index (χ1v) is 9.61. The summed E-state index contributed by atoms with van der Waals surface area (Å²) in [5, 5.41) is 6.83. The fourth-order valence-corrected chi connectivity index (χ4v) is 3.75. The molecule has 30 heavy (non-hydrogen) atoms. The molecule has 2 fully saturated rings. The topological polar surface area (TPSA) is 115 Å². The van der Waals surface area contributed by atoms with Crippen LogP contribution in [0.2, 0.25) is 0 Å². The highest BCUT2D eigenvalue weighted by molar-refractivity contribution is 5.94. The molecule has 2 aliphatic rings. The number of hydrogen-bond donors (Lipinski definition) is 1. The van der Waals surface area contributed by atoms with Crippen molar-refractivity contribution in [2.24, 2.45) is 5.11 Å². The van der Waals surface area contributed by atoms with Crippen LogP contribution in [0.1, 0.15) is 22.2 Å². The Kier molecular flexibility index (Phi) is 6.27. The van der Waals surface area contributed by atoms with Gasteiger partial charge in [-0.25, -0.2) is 0 Å². The fourth-order valence-electron chi connectivity index (χ4n) is 3.75. The van der Waals surface area contributed by atoms with Crippen LogP contribution in [0.3, 0.4) is 0 Å². The van der Waals surface area contributed by atoms with Crippen molar-refractivity contribution >= 4 is 5.91 Å². The Bertz CT molecular complexity index is 906. The molecule has 0 bridgehead atoms. The number of rotatable bonds is 5. The van der Waals surface area contributed by atoms with Crippen LogP contribution < -0.4 is 5.32 Å². The van der Waals surface area contributed by atoms with E-state index in [1.54, 1.807) is 24.3 Å². The summed E-state index contributed by atoms with van der Waals surface area (Å²) in [6.45, 7) is 0.237. The molecule has 4 rings (SSSR count). The van der Waals surface area contributed by atoms with E-state index in [9.17, 15) is 10.3 Å². The lowest BCUT2D eigenvalue weighted by Crippen LogP contribution is -2.66. The first kappa shape index (κ1) is 20.3. The van der Waals surface area contributed by atoms with Gasteiger partial charge in [0, 0.05) is 23.1 Å². The summed E-state index contributed by atoms with van der Waals surface area (Å²) in [7, 11) is 1.47. The van der Waals surface area contributed by atoms with Gasteiger partial charge in [-0.3, -0.25) is 4.79 Å². The van der Waals surface area contributed by atoms with Gasteiger partial charge in [-0.05, 0) is 17.7 Å². The molecular weight excluding hydrogens is 388 g/mol. The summed E-state index contributed by atoms with van der Waals surface area (Å²) in [5.41, 5.74) is 10.5. The lowest BCUT2D eigenvalue weighted by molar-refractivity contribution is -0.322. The van der Waals surface area contributed by atoms with Gasteiger partial charge in [0.15, 0.2) is 12.6 Å². The average molecular weight is 410 g/mol. The Morgan fingerprint density at radius 2 is 1.83 bits per heavy atom. The van der Waals surface area contributed by atoms with Crippen molar-refractivity contribution < 1.29 is 23.7 Å². The molecule has 0 aliphatic carbocycles. The Labute approximate surface area is 173 Å². The summed E-state index contributed by atoms with van der Waals surface area (Å²) < 4.78 is 23.4. The normalized spacial score (nSPS) is 30.6. The minimum Gasteiger partial charge on any atom is -0.354 e. The van der Waals surface area contributed by atoms with Gasteiger partial charge in [0.1, 0.15) is 12.2 Å². The summed E-state index contributed by atoms with van der Waals surface area (Å²) in [4.78, 5) is 15.7. The first-order chi connectivity index (χ1) is 14.7. The van der Waals surface area contributed by atoms with Crippen molar-refractivity contribution in [1.29, 1.82) is 0 Å². The lowest BCUT2D eigenvalue weighted by atomic mass is 9.93. The molecule has 0 unspecified atom stereocenters. The second-order valence-corrected chi connectivity index (χ2v) is 7.02. The van der Waals surface area contributed by atoms with Crippen molar-refractivity contribution in [3.8, 4) is 0 Å². The van der Waals surface area contributed by atoms with Gasteiger partial charge in [-0.2, -0.15) is 0 Å². The third kappa shape index (κ3) is 4.16. The van der Waals surface area contributed by atoms with Crippen LogP contribution in [0.5, 0.6) is 0 Å². The third-order valence-electron chi connectivity index (χ3n) is 5.19. The number of benzene rings is 2. The van der Waals surface area contributed by atoms with E-state index in [1.807, 2.05) is 36.4 Å². The van der Waals surface area contributed by atoms with Crippen molar-refractivity contribution in [2.75, 3.05) is 13.7 Å². The predicted molar refractivity (Wildman–Crippen MR) is 106 cm³/mol. The number of azide groups is 1. The molecule has 1 N–H and O–H groups in total. The molecule has 2 aromatic rings. The summed E-state index contributed by atoms with van der Waals surface area (Å²) in [6.07, 6.45) is -2.57. The van der Waals surface area contributed by atoms with Gasteiger partial charge in [0.2, 0.25) is 0 Å². The standard InChI is InChI=1S/C21H22N4O5/c1-27-21-17(23-19(26)13-8-4-2-5-9-13)16(24-25-22)18-15(29-21)12-28-20(30-18)14-10-6-3-7-11-14/h2-11,15-18,20-21H,12H2,1H3,(H,23,26)/t15-,16-,17-,18+,20-,21+/m0/s1. The zero-order valence-corrected chi connectivity index (χ0v) is 16.3. The van der Waals surface area contributed by atoms with E-state index < -0.39 is 36.9 Å². The number of carbonyl (C=O) groups is 1. The molecule has 2 heterocycles. The van der Waals surface area contributed by atoms with E-state index in [0.29, 0.717) is 5.56 Å². The number of nitrogens with zero attached hydrogens (tertiary/aromatic N) is 3. The second kappa shape index (κ2) is 9.25. The number of methoxy groups -OCH3 is 1. The number of carbonyl (C=O) groups excluding carboxylic acids is 1. The number of hydrogen-bond acceptors (Lipinski definition) is 6. The predicted octanol–water partition coefficient (Wildman–Crippen LogP) is 2.95. The van der Waals surface area contributed by atoms with Crippen LogP contribution in [-0.4, -0.2) is 50.2 Å². The molecule has 2 saturated heterocycles. The summed E-state index contributed by atoms with van der Waals surface area (Å²) in [6, 6.07) is 16.7. The van der Waals surface area contributed by atoms with Crippen molar-refractivity contribution in [3.05, 3.63) is 82.2 Å². The van der Waals surface area contributed by atoms with Gasteiger partial charge >= 0.3 is 0 Å². The van der Waals surface area contributed by atoms with Gasteiger partial charge in [-0.15, -0.1) is 0 Å². The number of fused-ring (bicyclic) bond motifs is 1. The molecule has 2 aromatic carbocycles. The second-order valence-electron chi connectivity index (χ2n) is 7.02. The van der Waals surface area contributed by atoms with Crippen LogP contribution in [0.25, 0.3) is 10.4 Å². The highest BCUT2D eigenvalue weighted by atomic mass is 16.7. The Balaban J connectivity index is 1.59. The molecule has 9 nitrogen and oxygen atoms in total. The summed E-state index contributed by atoms with van der Waals surface area (Å²) >= 11 is 0. The van der Waals surface area contributed by atoms with Crippen LogP contribution in [0.15, 0.2) is 65.8 Å². The monoisotopic (exact) mass is 410 g/mol. The molecule has 6 atom stereocenters. The smallest absolute Gasteiger partial charge is 0.251 e. The van der Waals surface area contributed by atoms with Crippen LogP contribution in [0.4, 0.5) is 0 Å². The van der Waals surface area contributed by atoms with E-state index in [-0.39, 0.29) is 12.5 Å². The minimum absolute atomic E-state index is 0.237. The van der Waals surface area contributed by atoms with Gasteiger partial charge in [-0.1, -0.05) is 53.6 Å². The average Bonchev–Trinajstić information content (AvgIpc) is 2.81. The van der Waals surface area contributed by atoms with E-state index in [1.165, 1.54) is 7.11 Å². The maximum atomic E-state index is 12.7. The number of nitrogens with one attached hydrogen (secondary N) is 1. The molecular formula is C21H22N4O5. The molecule has 9 heteroatoms. The van der Waals surface area contributed by atoms with Gasteiger partial charge in [0.05, 0.1) is 18.7 Å². The summed E-state index contributed by atoms with van der Waals surface area (Å²) in [5.74, 6) is -0.325. The molecule has 0 saturated carbocycles.